The maximum atomic E-state index is 12.9. The lowest BCUT2D eigenvalue weighted by Gasteiger charge is -2.28. The molecule has 0 aromatic heterocycles. The summed E-state index contributed by atoms with van der Waals surface area (Å²) in [6.07, 6.45) is 0.619. The van der Waals surface area contributed by atoms with Crippen molar-refractivity contribution < 1.29 is 9.59 Å². The molecular weight excluding hydrogens is 348 g/mol. The molecule has 0 saturated carbocycles. The van der Waals surface area contributed by atoms with E-state index in [2.05, 4.69) is 19.2 Å². The second kappa shape index (κ2) is 7.92. The predicted octanol–water partition coefficient (Wildman–Crippen LogP) is 4.03. The number of carbonyl (C=O) groups is 2. The Kier molecular flexibility index (Phi) is 5.62. The molecule has 136 valence electrons. The lowest BCUT2D eigenvalue weighted by atomic mass is 10.0. The molecule has 0 saturated heterocycles. The Morgan fingerprint density at radius 3 is 2.54 bits per heavy atom. The van der Waals surface area contributed by atoms with Crippen LogP contribution in [-0.4, -0.2) is 22.8 Å². The zero-order valence-corrected chi connectivity index (χ0v) is 15.8. The highest BCUT2D eigenvalue weighted by Crippen LogP contribution is 2.27. The summed E-state index contributed by atoms with van der Waals surface area (Å²) in [4.78, 5) is 27.4. The van der Waals surface area contributed by atoms with Crippen molar-refractivity contribution >= 4 is 23.4 Å². The SMILES string of the molecule is CC(C)CC(C(=O)NCc1ccccc1Cl)N1Cc2ccccc2C1=O. The smallest absolute Gasteiger partial charge is 0.255 e. The average molecular weight is 371 g/mol. The summed E-state index contributed by atoms with van der Waals surface area (Å²) in [7, 11) is 0. The first kappa shape index (κ1) is 18.5. The van der Waals surface area contributed by atoms with Gasteiger partial charge in [0.05, 0.1) is 0 Å². The van der Waals surface area contributed by atoms with Crippen LogP contribution in [0.4, 0.5) is 0 Å². The van der Waals surface area contributed by atoms with Gasteiger partial charge in [0.1, 0.15) is 6.04 Å². The van der Waals surface area contributed by atoms with E-state index in [9.17, 15) is 9.59 Å². The van der Waals surface area contributed by atoms with Crippen LogP contribution in [-0.2, 0) is 17.9 Å². The van der Waals surface area contributed by atoms with E-state index in [1.807, 2.05) is 42.5 Å². The maximum absolute atomic E-state index is 12.9. The second-order valence-electron chi connectivity index (χ2n) is 7.04. The third-order valence-corrected chi connectivity index (χ3v) is 5.00. The minimum atomic E-state index is -0.489. The van der Waals surface area contributed by atoms with Crippen LogP contribution in [0, 0.1) is 5.92 Å². The van der Waals surface area contributed by atoms with E-state index in [0.717, 1.165) is 11.1 Å². The first-order valence-electron chi connectivity index (χ1n) is 8.87. The van der Waals surface area contributed by atoms with Crippen LogP contribution in [0.25, 0.3) is 0 Å². The molecule has 2 amide bonds. The van der Waals surface area contributed by atoms with Gasteiger partial charge in [-0.1, -0.05) is 61.8 Å². The number of halogens is 1. The van der Waals surface area contributed by atoms with Crippen LogP contribution in [0.5, 0.6) is 0 Å². The van der Waals surface area contributed by atoms with E-state index in [0.29, 0.717) is 36.0 Å². The number of fused-ring (bicyclic) bond motifs is 1. The quantitative estimate of drug-likeness (QED) is 0.834. The minimum absolute atomic E-state index is 0.0702. The molecule has 0 bridgehead atoms. The Labute approximate surface area is 159 Å². The molecule has 5 heteroatoms. The summed E-state index contributed by atoms with van der Waals surface area (Å²) >= 11 is 6.17. The van der Waals surface area contributed by atoms with Crippen LogP contribution in [0.3, 0.4) is 0 Å². The van der Waals surface area contributed by atoms with Crippen LogP contribution in [0.15, 0.2) is 48.5 Å². The van der Waals surface area contributed by atoms with Crippen molar-refractivity contribution in [3.05, 3.63) is 70.2 Å². The molecular formula is C21H23ClN2O2. The molecule has 0 spiro atoms. The number of carbonyl (C=O) groups excluding carboxylic acids is 2. The van der Waals surface area contributed by atoms with Crippen molar-refractivity contribution in [3.63, 3.8) is 0 Å². The Morgan fingerprint density at radius 1 is 1.15 bits per heavy atom. The molecule has 4 nitrogen and oxygen atoms in total. The van der Waals surface area contributed by atoms with Crippen molar-refractivity contribution in [3.8, 4) is 0 Å². The molecule has 2 aromatic carbocycles. The highest BCUT2D eigenvalue weighted by atomic mass is 35.5. The fourth-order valence-electron chi connectivity index (χ4n) is 3.29. The standard InChI is InChI=1S/C21H23ClN2O2/c1-14(2)11-19(20(25)23-12-15-7-4-6-10-18(15)22)24-13-16-8-3-5-9-17(16)21(24)26/h3-10,14,19H,11-13H2,1-2H3,(H,23,25). The summed E-state index contributed by atoms with van der Waals surface area (Å²) in [5.74, 6) is 0.0847. The number of hydrogen-bond acceptors (Lipinski definition) is 2. The molecule has 1 N–H and O–H groups in total. The monoisotopic (exact) mass is 370 g/mol. The van der Waals surface area contributed by atoms with Gasteiger partial charge in [-0.05, 0) is 35.6 Å². The summed E-state index contributed by atoms with van der Waals surface area (Å²) in [5, 5.41) is 3.58. The molecule has 0 fully saturated rings. The Bertz CT molecular complexity index is 819. The average Bonchev–Trinajstić information content (AvgIpc) is 2.95. The highest BCUT2D eigenvalue weighted by molar-refractivity contribution is 6.31. The zero-order chi connectivity index (χ0) is 18.7. The van der Waals surface area contributed by atoms with Crippen LogP contribution in [0.2, 0.25) is 5.02 Å². The fraction of sp³-hybridized carbons (Fsp3) is 0.333. The van der Waals surface area contributed by atoms with Gasteiger partial charge >= 0.3 is 0 Å². The molecule has 3 rings (SSSR count). The van der Waals surface area contributed by atoms with Crippen molar-refractivity contribution in [1.29, 1.82) is 0 Å². The van der Waals surface area contributed by atoms with Crippen molar-refractivity contribution in [2.45, 2.75) is 39.4 Å². The van der Waals surface area contributed by atoms with E-state index < -0.39 is 6.04 Å². The van der Waals surface area contributed by atoms with Gasteiger partial charge in [-0.15, -0.1) is 0 Å². The number of amides is 2. The van der Waals surface area contributed by atoms with Gasteiger partial charge in [-0.3, -0.25) is 9.59 Å². The van der Waals surface area contributed by atoms with Crippen LogP contribution < -0.4 is 5.32 Å². The molecule has 2 aromatic rings. The minimum Gasteiger partial charge on any atom is -0.350 e. The van der Waals surface area contributed by atoms with Crippen LogP contribution >= 0.6 is 11.6 Å². The predicted molar refractivity (Wildman–Crippen MR) is 103 cm³/mol. The van der Waals surface area contributed by atoms with Crippen molar-refractivity contribution in [1.82, 2.24) is 10.2 Å². The van der Waals surface area contributed by atoms with Gasteiger partial charge in [-0.2, -0.15) is 0 Å². The normalized spacial score (nSPS) is 14.5. The third kappa shape index (κ3) is 3.91. The molecule has 0 radical (unpaired) electrons. The van der Waals surface area contributed by atoms with Crippen LogP contribution in [0.1, 0.15) is 41.8 Å². The summed E-state index contributed by atoms with van der Waals surface area (Å²) in [6.45, 7) is 4.94. The molecule has 1 aliphatic heterocycles. The fourth-order valence-corrected chi connectivity index (χ4v) is 3.50. The molecule has 1 atom stereocenters. The highest BCUT2D eigenvalue weighted by Gasteiger charge is 2.36. The van der Waals surface area contributed by atoms with Gasteiger partial charge < -0.3 is 10.2 Å². The number of nitrogens with zero attached hydrogens (tertiary/aromatic N) is 1. The molecule has 1 heterocycles. The first-order valence-corrected chi connectivity index (χ1v) is 9.25. The van der Waals surface area contributed by atoms with E-state index in [-0.39, 0.29) is 11.8 Å². The zero-order valence-electron chi connectivity index (χ0n) is 15.0. The van der Waals surface area contributed by atoms with E-state index in [1.165, 1.54) is 0 Å². The Morgan fingerprint density at radius 2 is 1.85 bits per heavy atom. The summed E-state index contributed by atoms with van der Waals surface area (Å²) in [5.41, 5.74) is 2.53. The summed E-state index contributed by atoms with van der Waals surface area (Å²) in [6, 6.07) is 14.5. The largest absolute Gasteiger partial charge is 0.350 e. The second-order valence-corrected chi connectivity index (χ2v) is 7.45. The topological polar surface area (TPSA) is 49.4 Å². The van der Waals surface area contributed by atoms with E-state index in [1.54, 1.807) is 11.0 Å². The molecule has 1 aliphatic rings. The van der Waals surface area contributed by atoms with Gasteiger partial charge in [0.2, 0.25) is 5.91 Å². The lowest BCUT2D eigenvalue weighted by Crippen LogP contribution is -2.47. The molecule has 1 unspecified atom stereocenters. The van der Waals surface area contributed by atoms with E-state index >= 15 is 0 Å². The van der Waals surface area contributed by atoms with Gasteiger partial charge in [0.25, 0.3) is 5.91 Å². The summed E-state index contributed by atoms with van der Waals surface area (Å²) < 4.78 is 0. The molecule has 26 heavy (non-hydrogen) atoms. The Balaban J connectivity index is 1.75. The number of nitrogens with one attached hydrogen (secondary N) is 1. The maximum Gasteiger partial charge on any atom is 0.255 e. The van der Waals surface area contributed by atoms with Gasteiger partial charge in [-0.25, -0.2) is 0 Å². The molecule has 0 aliphatic carbocycles. The number of hydrogen-bond donors (Lipinski definition) is 1. The number of rotatable bonds is 6. The Hall–Kier alpha value is -2.33. The van der Waals surface area contributed by atoms with Gasteiger partial charge in [0.15, 0.2) is 0 Å². The van der Waals surface area contributed by atoms with Crippen molar-refractivity contribution in [2.75, 3.05) is 0 Å². The van der Waals surface area contributed by atoms with Gasteiger partial charge in [0, 0.05) is 23.7 Å². The first-order chi connectivity index (χ1) is 12.5. The van der Waals surface area contributed by atoms with Crippen molar-refractivity contribution in [2.24, 2.45) is 5.92 Å². The number of benzene rings is 2. The van der Waals surface area contributed by atoms with E-state index in [4.69, 9.17) is 11.6 Å². The lowest BCUT2D eigenvalue weighted by molar-refractivity contribution is -0.126. The third-order valence-electron chi connectivity index (χ3n) is 4.63.